The molecule has 0 saturated heterocycles. The maximum atomic E-state index is 12.8. The zero-order valence-corrected chi connectivity index (χ0v) is 20.0. The van der Waals surface area contributed by atoms with Crippen LogP contribution in [0.5, 0.6) is 11.6 Å². The van der Waals surface area contributed by atoms with Crippen molar-refractivity contribution in [1.82, 2.24) is 9.88 Å². The van der Waals surface area contributed by atoms with Crippen LogP contribution in [0.25, 0.3) is 10.9 Å². The number of carbonyl (C=O) groups excluding carboxylic acids is 1. The number of anilines is 1. The molecule has 0 bridgehead atoms. The maximum Gasteiger partial charge on any atom is 0.198 e. The highest BCUT2D eigenvalue weighted by Gasteiger charge is 2.14. The van der Waals surface area contributed by atoms with Crippen LogP contribution < -0.4 is 10.5 Å². The van der Waals surface area contributed by atoms with Crippen LogP contribution in [0.1, 0.15) is 35.3 Å². The first-order valence-electron chi connectivity index (χ1n) is 11.7. The zero-order chi connectivity index (χ0) is 24.8. The van der Waals surface area contributed by atoms with Gasteiger partial charge in [0.05, 0.1) is 11.3 Å². The van der Waals surface area contributed by atoms with E-state index in [4.69, 9.17) is 10.5 Å². The van der Waals surface area contributed by atoms with Crippen LogP contribution >= 0.6 is 0 Å². The fraction of sp³-hybridized carbons (Fsp3) is 0.214. The van der Waals surface area contributed by atoms with E-state index in [-0.39, 0.29) is 11.7 Å². The van der Waals surface area contributed by atoms with E-state index in [1.807, 2.05) is 24.3 Å². The molecule has 0 fully saturated rings. The Balaban J connectivity index is 1.47. The van der Waals surface area contributed by atoms with Crippen molar-refractivity contribution >= 4 is 34.3 Å². The van der Waals surface area contributed by atoms with E-state index in [2.05, 4.69) is 28.7 Å². The Kier molecular flexibility index (Phi) is 7.48. The fourth-order valence-electron chi connectivity index (χ4n) is 3.92. The number of nitrogen functional groups attached to an aromatic ring is 1. The predicted molar refractivity (Wildman–Crippen MR) is 141 cm³/mol. The van der Waals surface area contributed by atoms with E-state index < -0.39 is 0 Å². The second-order valence-electron chi connectivity index (χ2n) is 8.23. The summed E-state index contributed by atoms with van der Waals surface area (Å²) in [5, 5.41) is 11.2. The largest absolute Gasteiger partial charge is 0.494 e. The number of likely N-dealkylation sites (N-methyl/N-ethyl adjacent to an activating group) is 1. The SMILES string of the molecule is CCN(CC)CCOc1ccc(N=Cc2c(O)[nH]c3cc(C(=O)c4cccc(N)c4)ccc23)cc1. The number of nitrogens with zero attached hydrogens (tertiary/aromatic N) is 2. The zero-order valence-electron chi connectivity index (χ0n) is 20.0. The lowest BCUT2D eigenvalue weighted by Crippen LogP contribution is -2.27. The van der Waals surface area contributed by atoms with Gasteiger partial charge >= 0.3 is 0 Å². The summed E-state index contributed by atoms with van der Waals surface area (Å²) in [6, 6.07) is 19.7. The Labute approximate surface area is 204 Å². The molecule has 0 amide bonds. The van der Waals surface area contributed by atoms with Crippen molar-refractivity contribution in [2.45, 2.75) is 13.8 Å². The Morgan fingerprint density at radius 1 is 1.06 bits per heavy atom. The van der Waals surface area contributed by atoms with Crippen LogP contribution in [0.4, 0.5) is 11.4 Å². The van der Waals surface area contributed by atoms with E-state index >= 15 is 0 Å². The van der Waals surface area contributed by atoms with Crippen molar-refractivity contribution < 1.29 is 14.6 Å². The summed E-state index contributed by atoms with van der Waals surface area (Å²) >= 11 is 0. The summed E-state index contributed by atoms with van der Waals surface area (Å²) < 4.78 is 5.82. The Bertz CT molecular complexity index is 1340. The summed E-state index contributed by atoms with van der Waals surface area (Å²) in [5.74, 6) is 0.653. The highest BCUT2D eigenvalue weighted by Crippen LogP contribution is 2.28. The molecule has 3 aromatic carbocycles. The number of aliphatic imine (C=N–C) groups is 1. The Hall–Kier alpha value is -4.10. The first kappa shape index (κ1) is 24.0. The number of hydrogen-bond acceptors (Lipinski definition) is 6. The minimum absolute atomic E-state index is 0.00587. The fourth-order valence-corrected chi connectivity index (χ4v) is 3.92. The van der Waals surface area contributed by atoms with Gasteiger partial charge in [-0.05, 0) is 55.6 Å². The quantitative estimate of drug-likeness (QED) is 0.169. The molecule has 0 aliphatic carbocycles. The van der Waals surface area contributed by atoms with E-state index in [0.29, 0.717) is 34.5 Å². The molecule has 1 heterocycles. The van der Waals surface area contributed by atoms with Gasteiger partial charge in [0.15, 0.2) is 11.7 Å². The van der Waals surface area contributed by atoms with Gasteiger partial charge in [0.2, 0.25) is 0 Å². The average Bonchev–Trinajstić information content (AvgIpc) is 3.19. The van der Waals surface area contributed by atoms with Crippen molar-refractivity contribution in [3.05, 3.63) is 83.4 Å². The van der Waals surface area contributed by atoms with Gasteiger partial charge in [0, 0.05) is 40.5 Å². The number of hydrogen-bond donors (Lipinski definition) is 3. The molecule has 0 spiro atoms. The highest BCUT2D eigenvalue weighted by molar-refractivity contribution is 6.12. The lowest BCUT2D eigenvalue weighted by atomic mass is 10.0. The first-order chi connectivity index (χ1) is 17.0. The molecule has 1 aromatic heterocycles. The van der Waals surface area contributed by atoms with Crippen LogP contribution in [0.2, 0.25) is 0 Å². The molecule has 4 aromatic rings. The standard InChI is InChI=1S/C28H30N4O3/c1-3-32(4-2)14-15-35-23-11-9-22(10-12-23)30-18-25-24-13-8-20(17-26(24)31-28(25)34)27(33)19-6-5-7-21(29)16-19/h5-13,16-18,31,34H,3-4,14-15,29H2,1-2H3. The number of nitrogens with two attached hydrogens (primary N) is 1. The number of ketones is 1. The molecule has 4 N–H and O–H groups in total. The Morgan fingerprint density at radius 2 is 1.80 bits per heavy atom. The summed E-state index contributed by atoms with van der Waals surface area (Å²) in [6.45, 7) is 7.82. The second kappa shape index (κ2) is 10.9. The average molecular weight is 471 g/mol. The van der Waals surface area contributed by atoms with Crippen molar-refractivity contribution in [2.75, 3.05) is 32.0 Å². The van der Waals surface area contributed by atoms with Crippen molar-refractivity contribution in [2.24, 2.45) is 4.99 Å². The number of nitrogens with one attached hydrogen (secondary N) is 1. The van der Waals surface area contributed by atoms with Crippen LogP contribution in [0.15, 0.2) is 71.7 Å². The van der Waals surface area contributed by atoms with E-state index in [1.54, 1.807) is 48.7 Å². The molecule has 0 radical (unpaired) electrons. The number of carbonyl (C=O) groups is 1. The van der Waals surface area contributed by atoms with Gasteiger partial charge in [-0.1, -0.05) is 38.1 Å². The van der Waals surface area contributed by atoms with E-state index in [0.717, 1.165) is 36.5 Å². The number of benzene rings is 3. The smallest absolute Gasteiger partial charge is 0.198 e. The number of aromatic hydroxyl groups is 1. The molecule has 0 aliphatic heterocycles. The minimum Gasteiger partial charge on any atom is -0.494 e. The second-order valence-corrected chi connectivity index (χ2v) is 8.23. The maximum absolute atomic E-state index is 12.8. The third-order valence-electron chi connectivity index (χ3n) is 5.98. The predicted octanol–water partition coefficient (Wildman–Crippen LogP) is 5.16. The molecule has 180 valence electrons. The molecule has 0 saturated carbocycles. The summed E-state index contributed by atoms with van der Waals surface area (Å²) in [6.07, 6.45) is 1.61. The number of rotatable bonds is 10. The molecule has 0 aliphatic rings. The normalized spacial score (nSPS) is 11.5. The summed E-state index contributed by atoms with van der Waals surface area (Å²) in [4.78, 5) is 22.6. The molecule has 4 rings (SSSR count). The third kappa shape index (κ3) is 5.70. The minimum atomic E-state index is -0.136. The van der Waals surface area contributed by atoms with Gasteiger partial charge < -0.3 is 25.5 Å². The lowest BCUT2D eigenvalue weighted by molar-refractivity contribution is 0.103. The topological polar surface area (TPSA) is 104 Å². The van der Waals surface area contributed by atoms with Crippen LogP contribution in [0.3, 0.4) is 0 Å². The van der Waals surface area contributed by atoms with Crippen LogP contribution in [0, 0.1) is 0 Å². The number of H-pyrrole nitrogens is 1. The van der Waals surface area contributed by atoms with Gasteiger partial charge in [-0.2, -0.15) is 0 Å². The number of ether oxygens (including phenoxy) is 1. The van der Waals surface area contributed by atoms with Gasteiger partial charge in [-0.15, -0.1) is 0 Å². The molecule has 0 unspecified atom stereocenters. The van der Waals surface area contributed by atoms with Crippen molar-refractivity contribution in [3.8, 4) is 11.6 Å². The molecule has 0 atom stereocenters. The number of aromatic amines is 1. The summed E-state index contributed by atoms with van der Waals surface area (Å²) in [5.41, 5.74) is 9.31. The van der Waals surface area contributed by atoms with E-state index in [9.17, 15) is 9.90 Å². The van der Waals surface area contributed by atoms with Crippen LogP contribution in [-0.2, 0) is 0 Å². The van der Waals surface area contributed by atoms with Crippen LogP contribution in [-0.4, -0.2) is 53.2 Å². The van der Waals surface area contributed by atoms with Crippen molar-refractivity contribution in [3.63, 3.8) is 0 Å². The molecule has 7 heteroatoms. The summed E-state index contributed by atoms with van der Waals surface area (Å²) in [7, 11) is 0. The monoisotopic (exact) mass is 470 g/mol. The first-order valence-corrected chi connectivity index (χ1v) is 11.7. The van der Waals surface area contributed by atoms with Gasteiger partial charge in [-0.25, -0.2) is 0 Å². The number of aromatic nitrogens is 1. The van der Waals surface area contributed by atoms with Gasteiger partial charge in [-0.3, -0.25) is 9.79 Å². The van der Waals surface area contributed by atoms with Gasteiger partial charge in [0.25, 0.3) is 0 Å². The third-order valence-corrected chi connectivity index (χ3v) is 5.98. The lowest BCUT2D eigenvalue weighted by Gasteiger charge is -2.17. The van der Waals surface area contributed by atoms with Crippen molar-refractivity contribution in [1.29, 1.82) is 0 Å². The molecular weight excluding hydrogens is 440 g/mol. The Morgan fingerprint density at radius 3 is 2.51 bits per heavy atom. The van der Waals surface area contributed by atoms with E-state index in [1.165, 1.54) is 0 Å². The molecule has 35 heavy (non-hydrogen) atoms. The molecular formula is C28H30N4O3. The highest BCUT2D eigenvalue weighted by atomic mass is 16.5. The van der Waals surface area contributed by atoms with Gasteiger partial charge in [0.1, 0.15) is 12.4 Å². The molecule has 7 nitrogen and oxygen atoms in total. The number of fused-ring (bicyclic) bond motifs is 1.